The van der Waals surface area contributed by atoms with Gasteiger partial charge < -0.3 is 15.8 Å². The summed E-state index contributed by atoms with van der Waals surface area (Å²) in [5, 5.41) is 2.09. The number of nitrogens with two attached hydrogens (primary N) is 1. The predicted octanol–water partition coefficient (Wildman–Crippen LogP) is 4.90. The van der Waals surface area contributed by atoms with Crippen LogP contribution in [-0.4, -0.2) is 23.7 Å². The van der Waals surface area contributed by atoms with Crippen molar-refractivity contribution in [3.05, 3.63) is 47.5 Å². The van der Waals surface area contributed by atoms with Crippen molar-refractivity contribution in [2.75, 3.05) is 11.1 Å². The molecule has 2 aromatic rings. The highest BCUT2D eigenvalue weighted by atomic mass is 35.5. The lowest BCUT2D eigenvalue weighted by Gasteiger charge is -2.29. The highest BCUT2D eigenvalue weighted by Crippen LogP contribution is 2.37. The van der Waals surface area contributed by atoms with E-state index in [1.165, 1.54) is 23.9 Å². The van der Waals surface area contributed by atoms with Crippen LogP contribution in [0.15, 0.2) is 52.3 Å². The average Bonchev–Trinajstić information content (AvgIpc) is 2.55. The van der Waals surface area contributed by atoms with Gasteiger partial charge in [-0.2, -0.15) is 13.2 Å². The monoisotopic (exact) mass is 432 g/mol. The second kappa shape index (κ2) is 8.32. The van der Waals surface area contributed by atoms with Gasteiger partial charge in [0, 0.05) is 22.4 Å². The van der Waals surface area contributed by atoms with Gasteiger partial charge in [-0.05, 0) is 43.3 Å². The molecule has 5 nitrogen and oxygen atoms in total. The summed E-state index contributed by atoms with van der Waals surface area (Å²) in [4.78, 5) is 24.8. The van der Waals surface area contributed by atoms with Crippen molar-refractivity contribution in [3.8, 4) is 0 Å². The van der Waals surface area contributed by atoms with Gasteiger partial charge in [-0.25, -0.2) is 0 Å². The number of amides is 1. The second-order valence-electron chi connectivity index (χ2n) is 5.89. The average molecular weight is 433 g/mol. The largest absolute Gasteiger partial charge is 0.439 e. The van der Waals surface area contributed by atoms with E-state index in [2.05, 4.69) is 10.1 Å². The van der Waals surface area contributed by atoms with Gasteiger partial charge in [0.05, 0.1) is 10.7 Å². The molecule has 0 aliphatic carbocycles. The minimum absolute atomic E-state index is 0.0228. The van der Waals surface area contributed by atoms with Crippen LogP contribution in [0.2, 0.25) is 5.02 Å². The minimum Gasteiger partial charge on any atom is -0.439 e. The molecule has 0 unspecified atom stereocenters. The van der Waals surface area contributed by atoms with Gasteiger partial charge in [0.1, 0.15) is 0 Å². The van der Waals surface area contributed by atoms with Crippen molar-refractivity contribution in [1.29, 1.82) is 0 Å². The molecule has 1 atom stereocenters. The number of anilines is 2. The first-order chi connectivity index (χ1) is 12.9. The van der Waals surface area contributed by atoms with E-state index in [4.69, 9.17) is 17.3 Å². The molecular formula is C18H16ClF3N2O3S. The number of ether oxygens (including phenoxy) is 1. The lowest BCUT2D eigenvalue weighted by atomic mass is 10.0. The van der Waals surface area contributed by atoms with E-state index in [-0.39, 0.29) is 10.7 Å². The summed E-state index contributed by atoms with van der Waals surface area (Å²) in [7, 11) is 0. The van der Waals surface area contributed by atoms with E-state index < -0.39 is 23.7 Å². The molecule has 10 heteroatoms. The fourth-order valence-electron chi connectivity index (χ4n) is 2.14. The first-order valence-electron chi connectivity index (χ1n) is 7.83. The van der Waals surface area contributed by atoms with E-state index in [1.54, 1.807) is 24.3 Å². The van der Waals surface area contributed by atoms with Crippen LogP contribution in [-0.2, 0) is 14.3 Å². The molecule has 0 bridgehead atoms. The van der Waals surface area contributed by atoms with Crippen molar-refractivity contribution in [1.82, 2.24) is 0 Å². The Morgan fingerprint density at radius 1 is 1.14 bits per heavy atom. The van der Waals surface area contributed by atoms with Gasteiger partial charge in [-0.15, -0.1) is 0 Å². The Labute approximate surface area is 168 Å². The maximum absolute atomic E-state index is 13.3. The maximum Gasteiger partial charge on any atom is 0.437 e. The molecule has 0 fully saturated rings. The number of halogens is 4. The number of alkyl halides is 3. The first kappa shape index (κ1) is 21.9. The van der Waals surface area contributed by atoms with Crippen LogP contribution < -0.4 is 11.1 Å². The Morgan fingerprint density at radius 2 is 1.79 bits per heavy atom. The summed E-state index contributed by atoms with van der Waals surface area (Å²) >= 11 is 7.43. The molecule has 0 aliphatic heterocycles. The van der Waals surface area contributed by atoms with Crippen LogP contribution >= 0.6 is 23.4 Å². The third-order valence-electron chi connectivity index (χ3n) is 3.60. The molecular weight excluding hydrogens is 417 g/mol. The Hall–Kier alpha value is -2.39. The summed E-state index contributed by atoms with van der Waals surface area (Å²) in [6, 6.07) is 11.5. The SMILES string of the molecule is CC(=O)O[C@](C)(C(=O)Nc1ccc(Sc2cccc(N)c2)cc1Cl)C(F)(F)F. The molecule has 150 valence electrons. The predicted molar refractivity (Wildman–Crippen MR) is 101 cm³/mol. The smallest absolute Gasteiger partial charge is 0.437 e. The van der Waals surface area contributed by atoms with Gasteiger partial charge >= 0.3 is 12.1 Å². The maximum atomic E-state index is 13.3. The molecule has 2 rings (SSSR count). The highest BCUT2D eigenvalue weighted by Gasteiger charge is 2.60. The number of carbonyl (C=O) groups excluding carboxylic acids is 2. The zero-order chi connectivity index (χ0) is 21.1. The normalized spacial score (nSPS) is 13.5. The Kier molecular flexibility index (Phi) is 6.51. The number of carbonyl (C=O) groups is 2. The molecule has 0 aromatic heterocycles. The van der Waals surface area contributed by atoms with Crippen LogP contribution in [0.1, 0.15) is 13.8 Å². The van der Waals surface area contributed by atoms with Crippen molar-refractivity contribution < 1.29 is 27.5 Å². The quantitative estimate of drug-likeness (QED) is 0.519. The molecule has 2 aromatic carbocycles. The molecule has 0 saturated carbocycles. The van der Waals surface area contributed by atoms with Gasteiger partial charge in [0.25, 0.3) is 11.5 Å². The Morgan fingerprint density at radius 3 is 2.32 bits per heavy atom. The minimum atomic E-state index is -5.11. The van der Waals surface area contributed by atoms with Gasteiger partial charge in [0.15, 0.2) is 0 Å². The molecule has 0 heterocycles. The lowest BCUT2D eigenvalue weighted by Crippen LogP contribution is -2.55. The number of hydrogen-bond donors (Lipinski definition) is 2. The number of nitrogens with one attached hydrogen (secondary N) is 1. The summed E-state index contributed by atoms with van der Waals surface area (Å²) < 4.78 is 44.1. The van der Waals surface area contributed by atoms with Gasteiger partial charge in [-0.3, -0.25) is 9.59 Å². The summed E-state index contributed by atoms with van der Waals surface area (Å²) in [5.41, 5.74) is 2.90. The van der Waals surface area contributed by atoms with Crippen molar-refractivity contribution in [2.45, 2.75) is 35.4 Å². The van der Waals surface area contributed by atoms with Crippen molar-refractivity contribution >= 4 is 46.6 Å². The van der Waals surface area contributed by atoms with Gasteiger partial charge in [0.2, 0.25) is 0 Å². The molecule has 3 N–H and O–H groups in total. The van der Waals surface area contributed by atoms with E-state index >= 15 is 0 Å². The van der Waals surface area contributed by atoms with E-state index in [1.807, 2.05) is 6.07 Å². The van der Waals surface area contributed by atoms with Gasteiger partial charge in [-0.1, -0.05) is 29.4 Å². The van der Waals surface area contributed by atoms with Crippen LogP contribution in [0.25, 0.3) is 0 Å². The molecule has 0 spiro atoms. The molecule has 1 amide bonds. The third-order valence-corrected chi connectivity index (χ3v) is 4.90. The van der Waals surface area contributed by atoms with E-state index in [0.717, 1.165) is 11.8 Å². The fourth-order valence-corrected chi connectivity index (χ4v) is 3.36. The molecule has 0 aliphatic rings. The first-order valence-corrected chi connectivity index (χ1v) is 9.02. The van der Waals surface area contributed by atoms with Crippen LogP contribution in [0.3, 0.4) is 0 Å². The second-order valence-corrected chi connectivity index (χ2v) is 7.45. The third kappa shape index (κ3) is 5.11. The number of benzene rings is 2. The molecule has 0 radical (unpaired) electrons. The molecule has 28 heavy (non-hydrogen) atoms. The zero-order valence-corrected chi connectivity index (χ0v) is 16.3. The van der Waals surface area contributed by atoms with E-state index in [0.29, 0.717) is 17.5 Å². The Bertz CT molecular complexity index is 908. The van der Waals surface area contributed by atoms with E-state index in [9.17, 15) is 22.8 Å². The highest BCUT2D eigenvalue weighted by molar-refractivity contribution is 7.99. The summed E-state index contributed by atoms with van der Waals surface area (Å²) in [6.07, 6.45) is -5.11. The lowest BCUT2D eigenvalue weighted by molar-refractivity contribution is -0.253. The van der Waals surface area contributed by atoms with Crippen LogP contribution in [0.5, 0.6) is 0 Å². The number of esters is 1. The summed E-state index contributed by atoms with van der Waals surface area (Å²) in [6.45, 7) is 1.26. The van der Waals surface area contributed by atoms with Crippen molar-refractivity contribution in [3.63, 3.8) is 0 Å². The topological polar surface area (TPSA) is 81.4 Å². The van der Waals surface area contributed by atoms with Crippen LogP contribution in [0.4, 0.5) is 24.5 Å². The zero-order valence-electron chi connectivity index (χ0n) is 14.8. The van der Waals surface area contributed by atoms with Crippen LogP contribution in [0, 0.1) is 0 Å². The van der Waals surface area contributed by atoms with Crippen molar-refractivity contribution in [2.24, 2.45) is 0 Å². The number of rotatable bonds is 5. The summed E-state index contributed by atoms with van der Waals surface area (Å²) in [5.74, 6) is -2.80. The number of nitrogen functional groups attached to an aromatic ring is 1. The fraction of sp³-hybridized carbons (Fsp3) is 0.222. The standard InChI is InChI=1S/C18H16ClF3N2O3S/c1-10(25)27-17(2,18(20,21)22)16(26)24-15-7-6-13(9-14(15)19)28-12-5-3-4-11(23)8-12/h3-9H,23H2,1-2H3,(H,24,26)/t17-/m1/s1. The Balaban J connectivity index is 2.21. The number of hydrogen-bond acceptors (Lipinski definition) is 5. The molecule has 0 saturated heterocycles.